The molecule has 0 aliphatic carbocycles. The van der Waals surface area contributed by atoms with Gasteiger partial charge in [-0.2, -0.15) is 15.2 Å². The molecule has 1 aliphatic heterocycles. The highest BCUT2D eigenvalue weighted by molar-refractivity contribution is 5.80. The smallest absolute Gasteiger partial charge is 0.102 e. The monoisotopic (exact) mass is 330 g/mol. The van der Waals surface area contributed by atoms with E-state index >= 15 is 0 Å². The van der Waals surface area contributed by atoms with E-state index in [1.165, 1.54) is 0 Å². The molecule has 1 aliphatic rings. The van der Waals surface area contributed by atoms with Crippen LogP contribution in [0.1, 0.15) is 5.56 Å². The van der Waals surface area contributed by atoms with Crippen LogP contribution >= 0.6 is 0 Å². The molecule has 1 saturated heterocycles. The summed E-state index contributed by atoms with van der Waals surface area (Å²) in [7, 11) is 0. The van der Waals surface area contributed by atoms with Crippen LogP contribution in [-0.2, 0) is 0 Å². The molecule has 6 nitrogen and oxygen atoms in total. The van der Waals surface area contributed by atoms with Gasteiger partial charge in [-0.05, 0) is 29.8 Å². The molecule has 0 amide bonds. The molecule has 25 heavy (non-hydrogen) atoms. The first-order valence-corrected chi connectivity index (χ1v) is 8.32. The zero-order valence-corrected chi connectivity index (χ0v) is 13.8. The Labute approximate surface area is 146 Å². The Hall–Kier alpha value is -3.17. The molecule has 0 radical (unpaired) electrons. The number of rotatable bonds is 3. The molecule has 4 rings (SSSR count). The average Bonchev–Trinajstić information content (AvgIpc) is 3.15. The highest BCUT2D eigenvalue weighted by Gasteiger charge is 2.18. The quantitative estimate of drug-likeness (QED) is 0.796. The maximum Gasteiger partial charge on any atom is 0.102 e. The fourth-order valence-electron chi connectivity index (χ4n) is 3.06. The second kappa shape index (κ2) is 6.75. The fourth-order valence-corrected chi connectivity index (χ4v) is 3.06. The Morgan fingerprint density at radius 1 is 1.04 bits per heavy atom. The van der Waals surface area contributed by atoms with E-state index in [0.717, 1.165) is 48.6 Å². The van der Waals surface area contributed by atoms with Crippen molar-refractivity contribution in [3.8, 4) is 28.5 Å². The average molecular weight is 330 g/mol. The van der Waals surface area contributed by atoms with Crippen LogP contribution in [0.15, 0.2) is 55.0 Å². The first-order chi connectivity index (χ1) is 12.3. The van der Waals surface area contributed by atoms with Crippen LogP contribution in [0.25, 0.3) is 22.4 Å². The minimum absolute atomic E-state index is 0.634. The van der Waals surface area contributed by atoms with Gasteiger partial charge < -0.3 is 5.32 Å². The second-order valence-electron chi connectivity index (χ2n) is 5.94. The summed E-state index contributed by atoms with van der Waals surface area (Å²) >= 11 is 0. The van der Waals surface area contributed by atoms with Crippen molar-refractivity contribution in [2.75, 3.05) is 31.2 Å². The normalized spacial score (nSPS) is 14.3. The van der Waals surface area contributed by atoms with Crippen LogP contribution in [0.4, 0.5) is 0 Å². The van der Waals surface area contributed by atoms with Crippen LogP contribution in [-0.4, -0.2) is 41.1 Å². The minimum atomic E-state index is 0.634. The third-order valence-electron chi connectivity index (χ3n) is 4.34. The van der Waals surface area contributed by atoms with Crippen LogP contribution in [0, 0.1) is 11.3 Å². The lowest BCUT2D eigenvalue weighted by Crippen LogP contribution is -2.49. The van der Waals surface area contributed by atoms with E-state index in [1.807, 2.05) is 41.2 Å². The Morgan fingerprint density at radius 3 is 2.60 bits per heavy atom. The molecule has 0 atom stereocenters. The SMILES string of the molecule is N#Cc1cccc(-c2nn(N3CCNCC3)cc2-c2ccncc2)c1. The summed E-state index contributed by atoms with van der Waals surface area (Å²) in [5, 5.41) is 19.6. The van der Waals surface area contributed by atoms with Crippen molar-refractivity contribution in [2.24, 2.45) is 0 Å². The molecule has 6 heteroatoms. The van der Waals surface area contributed by atoms with Crippen molar-refractivity contribution in [3.05, 3.63) is 60.6 Å². The van der Waals surface area contributed by atoms with Crippen LogP contribution < -0.4 is 10.3 Å². The standard InChI is InChI=1S/C19H18N6/c20-13-15-2-1-3-17(12-15)19-18(16-4-6-21-7-5-16)14-25(23-19)24-10-8-22-9-11-24/h1-7,12,14,22H,8-11H2. The molecule has 0 saturated carbocycles. The lowest BCUT2D eigenvalue weighted by Gasteiger charge is -2.28. The molecule has 124 valence electrons. The number of aromatic nitrogens is 3. The van der Waals surface area contributed by atoms with Gasteiger partial charge in [0.2, 0.25) is 0 Å². The van der Waals surface area contributed by atoms with Crippen molar-refractivity contribution in [1.29, 1.82) is 5.26 Å². The zero-order chi connectivity index (χ0) is 17.1. The number of pyridine rings is 1. The molecule has 1 aromatic carbocycles. The molecule has 3 aromatic rings. The summed E-state index contributed by atoms with van der Waals surface area (Å²) in [4.78, 5) is 6.04. The van der Waals surface area contributed by atoms with Crippen molar-refractivity contribution in [3.63, 3.8) is 0 Å². The lowest BCUT2D eigenvalue weighted by atomic mass is 10.0. The number of hydrogen-bond donors (Lipinski definition) is 1. The Balaban J connectivity index is 1.83. The Morgan fingerprint density at radius 2 is 1.84 bits per heavy atom. The van der Waals surface area contributed by atoms with Gasteiger partial charge in [-0.15, -0.1) is 0 Å². The van der Waals surface area contributed by atoms with Crippen LogP contribution in [0.3, 0.4) is 0 Å². The summed E-state index contributed by atoms with van der Waals surface area (Å²) in [5.74, 6) is 0. The number of piperazine rings is 1. The second-order valence-corrected chi connectivity index (χ2v) is 5.94. The highest BCUT2D eigenvalue weighted by atomic mass is 15.7. The van der Waals surface area contributed by atoms with E-state index in [0.29, 0.717) is 5.56 Å². The van der Waals surface area contributed by atoms with Gasteiger partial charge in [0.05, 0.1) is 17.8 Å². The molecule has 0 spiro atoms. The predicted molar refractivity (Wildman–Crippen MR) is 96.4 cm³/mol. The maximum atomic E-state index is 9.21. The Bertz CT molecular complexity index is 903. The third kappa shape index (κ3) is 3.10. The van der Waals surface area contributed by atoms with Gasteiger partial charge in [-0.25, -0.2) is 0 Å². The summed E-state index contributed by atoms with van der Waals surface area (Å²) in [5.41, 5.74) is 4.56. The number of benzene rings is 1. The largest absolute Gasteiger partial charge is 0.313 e. The molecule has 1 fully saturated rings. The lowest BCUT2D eigenvalue weighted by molar-refractivity contribution is 0.461. The summed E-state index contributed by atoms with van der Waals surface area (Å²) in [6.45, 7) is 3.72. The summed E-state index contributed by atoms with van der Waals surface area (Å²) < 4.78 is 0. The molecule has 2 aromatic heterocycles. The van der Waals surface area contributed by atoms with E-state index in [1.54, 1.807) is 12.4 Å². The van der Waals surface area contributed by atoms with E-state index < -0.39 is 0 Å². The zero-order valence-electron chi connectivity index (χ0n) is 13.8. The van der Waals surface area contributed by atoms with Crippen molar-refractivity contribution >= 4 is 0 Å². The van der Waals surface area contributed by atoms with Gasteiger partial charge in [0.15, 0.2) is 0 Å². The van der Waals surface area contributed by atoms with E-state index in [-0.39, 0.29) is 0 Å². The van der Waals surface area contributed by atoms with Gasteiger partial charge in [-0.1, -0.05) is 12.1 Å². The van der Waals surface area contributed by atoms with Crippen molar-refractivity contribution in [2.45, 2.75) is 0 Å². The molecular weight excluding hydrogens is 312 g/mol. The number of nitrogens with zero attached hydrogens (tertiary/aromatic N) is 5. The van der Waals surface area contributed by atoms with Gasteiger partial charge in [0, 0.05) is 49.7 Å². The van der Waals surface area contributed by atoms with E-state index in [2.05, 4.69) is 27.6 Å². The summed E-state index contributed by atoms with van der Waals surface area (Å²) in [6, 6.07) is 13.8. The highest BCUT2D eigenvalue weighted by Crippen LogP contribution is 2.31. The predicted octanol–water partition coefficient (Wildman–Crippen LogP) is 2.02. The van der Waals surface area contributed by atoms with E-state index in [4.69, 9.17) is 5.10 Å². The first kappa shape index (κ1) is 15.4. The van der Waals surface area contributed by atoms with Crippen molar-refractivity contribution < 1.29 is 0 Å². The molecule has 0 unspecified atom stereocenters. The minimum Gasteiger partial charge on any atom is -0.313 e. The van der Waals surface area contributed by atoms with Gasteiger partial charge in [0.1, 0.15) is 5.69 Å². The molecule has 1 N–H and O–H groups in total. The molecular formula is C19H18N6. The topological polar surface area (TPSA) is 69.8 Å². The number of hydrogen-bond acceptors (Lipinski definition) is 5. The summed E-state index contributed by atoms with van der Waals surface area (Å²) in [6.07, 6.45) is 5.63. The van der Waals surface area contributed by atoms with Gasteiger partial charge in [-0.3, -0.25) is 9.99 Å². The molecule has 0 bridgehead atoms. The van der Waals surface area contributed by atoms with Crippen LogP contribution in [0.2, 0.25) is 0 Å². The van der Waals surface area contributed by atoms with E-state index in [9.17, 15) is 5.26 Å². The Kier molecular flexibility index (Phi) is 4.15. The van der Waals surface area contributed by atoms with Crippen molar-refractivity contribution in [1.82, 2.24) is 20.2 Å². The molecule has 3 heterocycles. The number of nitriles is 1. The first-order valence-electron chi connectivity index (χ1n) is 8.32. The van der Waals surface area contributed by atoms with Gasteiger partial charge >= 0.3 is 0 Å². The van der Waals surface area contributed by atoms with Crippen LogP contribution in [0.5, 0.6) is 0 Å². The fraction of sp³-hybridized carbons (Fsp3) is 0.211. The maximum absolute atomic E-state index is 9.21. The third-order valence-corrected chi connectivity index (χ3v) is 4.34. The van der Waals surface area contributed by atoms with Gasteiger partial charge in [0.25, 0.3) is 0 Å². The number of nitrogens with one attached hydrogen (secondary N) is 1.